The van der Waals surface area contributed by atoms with Gasteiger partial charge in [-0.25, -0.2) is 0 Å². The van der Waals surface area contributed by atoms with Gasteiger partial charge in [0.1, 0.15) is 5.75 Å². The molecule has 1 aromatic rings. The maximum atomic E-state index is 12.3. The minimum Gasteiger partial charge on any atom is -0.495 e. The molecule has 0 aliphatic rings. The summed E-state index contributed by atoms with van der Waals surface area (Å²) in [5.74, 6) is 0.543. The fraction of sp³-hybridized carbons (Fsp3) is 0.500. The molecule has 1 rings (SSSR count). The van der Waals surface area contributed by atoms with E-state index in [0.29, 0.717) is 5.75 Å². The van der Waals surface area contributed by atoms with Crippen LogP contribution in [0.5, 0.6) is 5.75 Å². The minimum atomic E-state index is -0.549. The molecular formula is C14H22N2O2. The number of methoxy groups -OCH3 is 1. The van der Waals surface area contributed by atoms with Crippen molar-refractivity contribution >= 4 is 11.6 Å². The monoisotopic (exact) mass is 250 g/mol. The Morgan fingerprint density at radius 2 is 1.89 bits per heavy atom. The lowest BCUT2D eigenvalue weighted by Gasteiger charge is -2.30. The summed E-state index contributed by atoms with van der Waals surface area (Å²) in [6.45, 7) is 5.85. The largest absolute Gasteiger partial charge is 0.495 e. The third kappa shape index (κ3) is 3.01. The molecule has 2 N–H and O–H groups in total. The van der Waals surface area contributed by atoms with Crippen LogP contribution in [0.1, 0.15) is 20.8 Å². The van der Waals surface area contributed by atoms with E-state index in [9.17, 15) is 4.79 Å². The number of anilines is 1. The van der Waals surface area contributed by atoms with Gasteiger partial charge in [-0.3, -0.25) is 4.79 Å². The van der Waals surface area contributed by atoms with Crippen molar-refractivity contribution in [2.45, 2.75) is 26.8 Å². The smallest absolute Gasteiger partial charge is 0.244 e. The van der Waals surface area contributed by atoms with Crippen LogP contribution in [0.4, 0.5) is 5.69 Å². The van der Waals surface area contributed by atoms with E-state index in [-0.39, 0.29) is 11.3 Å². The van der Waals surface area contributed by atoms with Crippen LogP contribution in [-0.4, -0.2) is 26.1 Å². The molecule has 0 spiro atoms. The molecule has 1 atom stereocenters. The minimum absolute atomic E-state index is 0.119. The van der Waals surface area contributed by atoms with Gasteiger partial charge in [-0.1, -0.05) is 32.9 Å². The Morgan fingerprint density at radius 1 is 1.33 bits per heavy atom. The highest BCUT2D eigenvalue weighted by atomic mass is 16.5. The number of likely N-dealkylation sites (N-methyl/N-ethyl adjacent to an activating group) is 1. The van der Waals surface area contributed by atoms with Crippen molar-refractivity contribution in [1.82, 2.24) is 0 Å². The van der Waals surface area contributed by atoms with E-state index in [2.05, 4.69) is 0 Å². The van der Waals surface area contributed by atoms with Gasteiger partial charge >= 0.3 is 0 Å². The number of hydrogen-bond donors (Lipinski definition) is 1. The summed E-state index contributed by atoms with van der Waals surface area (Å²) < 4.78 is 5.25. The molecule has 1 aromatic carbocycles. The van der Waals surface area contributed by atoms with Crippen LogP contribution in [0.25, 0.3) is 0 Å². The number of rotatable bonds is 3. The van der Waals surface area contributed by atoms with E-state index in [1.54, 1.807) is 19.1 Å². The van der Waals surface area contributed by atoms with Crippen LogP contribution in [0.2, 0.25) is 0 Å². The second-order valence-corrected chi connectivity index (χ2v) is 5.41. The Hall–Kier alpha value is -1.55. The van der Waals surface area contributed by atoms with E-state index < -0.39 is 6.04 Å². The van der Waals surface area contributed by atoms with Gasteiger partial charge < -0.3 is 15.4 Å². The van der Waals surface area contributed by atoms with Gasteiger partial charge in [-0.15, -0.1) is 0 Å². The van der Waals surface area contributed by atoms with Crippen molar-refractivity contribution in [3.63, 3.8) is 0 Å². The van der Waals surface area contributed by atoms with Gasteiger partial charge in [0.25, 0.3) is 0 Å². The molecule has 0 radical (unpaired) electrons. The standard InChI is InChI=1S/C14H22N2O2/c1-14(2,3)12(15)13(17)16(4)10-8-6-7-9-11(10)18-5/h6-9,12H,15H2,1-5H3. The molecule has 100 valence electrons. The highest BCUT2D eigenvalue weighted by molar-refractivity contribution is 5.98. The van der Waals surface area contributed by atoms with E-state index in [1.165, 1.54) is 0 Å². The van der Waals surface area contributed by atoms with E-state index in [0.717, 1.165) is 5.69 Å². The fourth-order valence-corrected chi connectivity index (χ4v) is 1.60. The highest BCUT2D eigenvalue weighted by Gasteiger charge is 2.30. The fourth-order valence-electron chi connectivity index (χ4n) is 1.60. The maximum absolute atomic E-state index is 12.3. The lowest BCUT2D eigenvalue weighted by atomic mass is 9.86. The van der Waals surface area contributed by atoms with Crippen molar-refractivity contribution in [3.05, 3.63) is 24.3 Å². The van der Waals surface area contributed by atoms with Crippen molar-refractivity contribution < 1.29 is 9.53 Å². The molecule has 0 aromatic heterocycles. The van der Waals surface area contributed by atoms with Crippen molar-refractivity contribution in [2.24, 2.45) is 11.1 Å². The molecule has 1 unspecified atom stereocenters. The normalized spacial score (nSPS) is 13.0. The molecule has 0 aliphatic heterocycles. The van der Waals surface area contributed by atoms with Crippen molar-refractivity contribution in [1.29, 1.82) is 0 Å². The van der Waals surface area contributed by atoms with Gasteiger partial charge in [0.05, 0.1) is 18.8 Å². The number of nitrogens with zero attached hydrogens (tertiary/aromatic N) is 1. The second kappa shape index (κ2) is 5.40. The quantitative estimate of drug-likeness (QED) is 0.893. The van der Waals surface area contributed by atoms with Gasteiger partial charge in [0.15, 0.2) is 0 Å². The molecule has 0 saturated heterocycles. The number of benzene rings is 1. The zero-order valence-electron chi connectivity index (χ0n) is 11.7. The number of amides is 1. The number of hydrogen-bond acceptors (Lipinski definition) is 3. The average Bonchev–Trinajstić information content (AvgIpc) is 2.34. The number of nitrogens with two attached hydrogens (primary N) is 1. The maximum Gasteiger partial charge on any atom is 0.244 e. The first kappa shape index (κ1) is 14.5. The Balaban J connectivity index is 3.00. The topological polar surface area (TPSA) is 55.6 Å². The Morgan fingerprint density at radius 3 is 2.39 bits per heavy atom. The van der Waals surface area contributed by atoms with Crippen LogP contribution >= 0.6 is 0 Å². The lowest BCUT2D eigenvalue weighted by Crippen LogP contribution is -2.49. The summed E-state index contributed by atoms with van der Waals surface area (Å²) in [4.78, 5) is 13.9. The first-order valence-electron chi connectivity index (χ1n) is 5.95. The molecule has 0 bridgehead atoms. The first-order valence-corrected chi connectivity index (χ1v) is 5.95. The third-order valence-corrected chi connectivity index (χ3v) is 2.98. The van der Waals surface area contributed by atoms with E-state index in [1.807, 2.05) is 45.0 Å². The molecule has 0 heterocycles. The molecule has 0 saturated carbocycles. The van der Waals surface area contributed by atoms with Crippen molar-refractivity contribution in [3.8, 4) is 5.75 Å². The van der Waals surface area contributed by atoms with Crippen molar-refractivity contribution in [2.75, 3.05) is 19.1 Å². The molecule has 0 fully saturated rings. The number of carbonyl (C=O) groups is 1. The Labute approximate surface area is 109 Å². The van der Waals surface area contributed by atoms with Crippen LogP contribution in [-0.2, 0) is 4.79 Å². The van der Waals surface area contributed by atoms with Crippen LogP contribution in [0.15, 0.2) is 24.3 Å². The molecule has 18 heavy (non-hydrogen) atoms. The summed E-state index contributed by atoms with van der Waals surface area (Å²) in [7, 11) is 3.30. The summed E-state index contributed by atoms with van der Waals surface area (Å²) in [5, 5.41) is 0. The number of para-hydroxylation sites is 2. The summed E-state index contributed by atoms with van der Waals surface area (Å²) in [5.41, 5.74) is 6.45. The van der Waals surface area contributed by atoms with E-state index in [4.69, 9.17) is 10.5 Å². The predicted octanol–water partition coefficient (Wildman–Crippen LogP) is 2.03. The summed E-state index contributed by atoms with van der Waals surface area (Å²) >= 11 is 0. The Kier molecular flexibility index (Phi) is 4.35. The first-order chi connectivity index (χ1) is 8.29. The molecule has 0 aliphatic carbocycles. The molecular weight excluding hydrogens is 228 g/mol. The Bertz CT molecular complexity index is 424. The average molecular weight is 250 g/mol. The molecule has 1 amide bonds. The zero-order valence-corrected chi connectivity index (χ0v) is 11.7. The SMILES string of the molecule is COc1ccccc1N(C)C(=O)C(N)C(C)(C)C. The lowest BCUT2D eigenvalue weighted by molar-refractivity contribution is -0.121. The van der Waals surface area contributed by atoms with Crippen LogP contribution < -0.4 is 15.4 Å². The van der Waals surface area contributed by atoms with Gasteiger partial charge in [-0.2, -0.15) is 0 Å². The van der Waals surface area contributed by atoms with Gasteiger partial charge in [0, 0.05) is 7.05 Å². The molecule has 4 nitrogen and oxygen atoms in total. The highest BCUT2D eigenvalue weighted by Crippen LogP contribution is 2.28. The number of ether oxygens (including phenoxy) is 1. The predicted molar refractivity (Wildman–Crippen MR) is 73.8 cm³/mol. The van der Waals surface area contributed by atoms with Crippen LogP contribution in [0.3, 0.4) is 0 Å². The zero-order chi connectivity index (χ0) is 13.9. The van der Waals surface area contributed by atoms with Crippen LogP contribution in [0, 0.1) is 5.41 Å². The number of carbonyl (C=O) groups excluding carboxylic acids is 1. The van der Waals surface area contributed by atoms with Gasteiger partial charge in [-0.05, 0) is 17.5 Å². The van der Waals surface area contributed by atoms with E-state index >= 15 is 0 Å². The molecule has 4 heteroatoms. The third-order valence-electron chi connectivity index (χ3n) is 2.98. The second-order valence-electron chi connectivity index (χ2n) is 5.41. The van der Waals surface area contributed by atoms with Gasteiger partial charge in [0.2, 0.25) is 5.91 Å². The summed E-state index contributed by atoms with van der Waals surface area (Å²) in [6, 6.07) is 6.84. The summed E-state index contributed by atoms with van der Waals surface area (Å²) in [6.07, 6.45) is 0.